The Kier molecular flexibility index (Phi) is 6.96. The fraction of sp³-hybridized carbons (Fsp3) is 0.0455. The number of aromatic nitrogens is 1. The van der Waals surface area contributed by atoms with E-state index in [1.54, 1.807) is 0 Å². The molecule has 1 aromatic heterocycles. The highest BCUT2D eigenvalue weighted by Crippen LogP contribution is 2.38. The van der Waals surface area contributed by atoms with E-state index in [0.29, 0.717) is 0 Å². The van der Waals surface area contributed by atoms with E-state index in [0.717, 1.165) is 22.6 Å². The molecule has 0 spiro atoms. The number of benzene rings is 7. The number of nitrogens with zero attached hydrogens (tertiary/aromatic N) is 2. The van der Waals surface area contributed by atoms with Crippen molar-refractivity contribution in [2.45, 2.75) is 13.8 Å². The molecule has 8 aromatic rings. The average molecular weight is 591 g/mol. The quantitative estimate of drug-likeness (QED) is 0.175. The molecule has 0 bridgehead atoms. The van der Waals surface area contributed by atoms with E-state index >= 15 is 0 Å². The van der Waals surface area contributed by atoms with Crippen molar-refractivity contribution in [3.63, 3.8) is 0 Å². The number of fused-ring (bicyclic) bond motifs is 3. The summed E-state index contributed by atoms with van der Waals surface area (Å²) in [4.78, 5) is 2.35. The van der Waals surface area contributed by atoms with E-state index in [2.05, 4.69) is 193 Å². The van der Waals surface area contributed by atoms with Crippen LogP contribution in [0.25, 0.3) is 50.3 Å². The first kappa shape index (κ1) is 27.7. The standard InChI is InChI=1S/C44H34N2/c1-31-32(2)45(39-14-4-3-5-15-39)44-28-34(20-27-43(31)44)17-16-33-18-23-40(24-19-33)46(41-25-21-35-10-6-8-12-37(35)29-41)42-26-22-36-11-7-9-13-38(36)30-42/h3-30H,1-2H3/b17-16+. The van der Waals surface area contributed by atoms with Gasteiger partial charge in [-0.1, -0.05) is 115 Å². The molecule has 1 heterocycles. The molecule has 0 unspecified atom stereocenters. The van der Waals surface area contributed by atoms with Crippen LogP contribution in [-0.2, 0) is 0 Å². The predicted octanol–water partition coefficient (Wildman–Crippen LogP) is 12.2. The summed E-state index contributed by atoms with van der Waals surface area (Å²) in [7, 11) is 0. The Morgan fingerprint density at radius 3 is 1.61 bits per heavy atom. The normalized spacial score (nSPS) is 11.6. The molecule has 0 aliphatic carbocycles. The number of aryl methyl sites for hydroxylation is 1. The number of hydrogen-bond acceptors (Lipinski definition) is 1. The lowest BCUT2D eigenvalue weighted by Gasteiger charge is -2.26. The highest BCUT2D eigenvalue weighted by molar-refractivity contribution is 5.93. The molecule has 0 saturated carbocycles. The zero-order valence-corrected chi connectivity index (χ0v) is 26.1. The summed E-state index contributed by atoms with van der Waals surface area (Å²) in [5, 5.41) is 6.23. The Balaban J connectivity index is 1.15. The van der Waals surface area contributed by atoms with Gasteiger partial charge in [0.15, 0.2) is 0 Å². The van der Waals surface area contributed by atoms with E-state index < -0.39 is 0 Å². The molecule has 0 N–H and O–H groups in total. The predicted molar refractivity (Wildman–Crippen MR) is 198 cm³/mol. The van der Waals surface area contributed by atoms with Gasteiger partial charge in [-0.3, -0.25) is 0 Å². The molecule has 220 valence electrons. The van der Waals surface area contributed by atoms with Gasteiger partial charge in [-0.2, -0.15) is 0 Å². The average Bonchev–Trinajstić information content (AvgIpc) is 3.36. The van der Waals surface area contributed by atoms with Crippen molar-refractivity contribution in [2.24, 2.45) is 0 Å². The fourth-order valence-corrected chi connectivity index (χ4v) is 6.61. The first-order valence-electron chi connectivity index (χ1n) is 15.9. The largest absolute Gasteiger partial charge is 0.314 e. The van der Waals surface area contributed by atoms with Crippen molar-refractivity contribution in [1.82, 2.24) is 4.57 Å². The van der Waals surface area contributed by atoms with Gasteiger partial charge in [-0.05, 0) is 107 Å². The zero-order valence-electron chi connectivity index (χ0n) is 26.1. The minimum absolute atomic E-state index is 1.12. The molecular weight excluding hydrogens is 556 g/mol. The maximum absolute atomic E-state index is 2.37. The van der Waals surface area contributed by atoms with E-state index in [1.807, 2.05) is 0 Å². The van der Waals surface area contributed by atoms with E-state index in [4.69, 9.17) is 0 Å². The molecule has 0 saturated heterocycles. The Morgan fingerprint density at radius 2 is 0.978 bits per heavy atom. The minimum atomic E-state index is 1.12. The third-order valence-electron chi connectivity index (χ3n) is 9.16. The highest BCUT2D eigenvalue weighted by Gasteiger charge is 2.15. The van der Waals surface area contributed by atoms with Crippen LogP contribution in [0.15, 0.2) is 158 Å². The van der Waals surface area contributed by atoms with Crippen molar-refractivity contribution in [3.8, 4) is 5.69 Å². The van der Waals surface area contributed by atoms with Gasteiger partial charge in [0, 0.05) is 33.8 Å². The van der Waals surface area contributed by atoms with Crippen molar-refractivity contribution in [1.29, 1.82) is 0 Å². The highest BCUT2D eigenvalue weighted by atomic mass is 15.1. The van der Waals surface area contributed by atoms with Crippen molar-refractivity contribution in [3.05, 3.63) is 180 Å². The number of anilines is 3. The summed E-state index contributed by atoms with van der Waals surface area (Å²) < 4.78 is 2.37. The Labute approximate surface area is 270 Å². The molecule has 7 aromatic carbocycles. The van der Waals surface area contributed by atoms with Crippen molar-refractivity contribution >= 4 is 61.7 Å². The van der Waals surface area contributed by atoms with Gasteiger partial charge in [0.1, 0.15) is 0 Å². The third kappa shape index (κ3) is 5.04. The van der Waals surface area contributed by atoms with Gasteiger partial charge in [0.2, 0.25) is 0 Å². The van der Waals surface area contributed by atoms with Gasteiger partial charge in [-0.25, -0.2) is 0 Å². The summed E-state index contributed by atoms with van der Waals surface area (Å²) >= 11 is 0. The fourth-order valence-electron chi connectivity index (χ4n) is 6.61. The van der Waals surface area contributed by atoms with Crippen LogP contribution in [0, 0.1) is 13.8 Å². The van der Waals surface area contributed by atoms with Crippen LogP contribution >= 0.6 is 0 Å². The monoisotopic (exact) mass is 590 g/mol. The molecule has 46 heavy (non-hydrogen) atoms. The lowest BCUT2D eigenvalue weighted by molar-refractivity contribution is 1.04. The van der Waals surface area contributed by atoms with Gasteiger partial charge in [-0.15, -0.1) is 0 Å². The second kappa shape index (κ2) is 11.6. The Hall–Kier alpha value is -5.86. The molecule has 2 heteroatoms. The first-order chi connectivity index (χ1) is 22.6. The smallest absolute Gasteiger partial charge is 0.0540 e. The number of rotatable bonds is 6. The zero-order chi connectivity index (χ0) is 31.0. The second-order valence-corrected chi connectivity index (χ2v) is 12.0. The van der Waals surface area contributed by atoms with Gasteiger partial charge in [0.05, 0.1) is 5.52 Å². The van der Waals surface area contributed by atoms with Crippen LogP contribution in [0.1, 0.15) is 22.4 Å². The second-order valence-electron chi connectivity index (χ2n) is 12.0. The summed E-state index contributed by atoms with van der Waals surface area (Å²) in [5.74, 6) is 0. The van der Waals surface area contributed by atoms with Gasteiger partial charge < -0.3 is 9.47 Å². The van der Waals surface area contributed by atoms with Gasteiger partial charge >= 0.3 is 0 Å². The SMILES string of the molecule is Cc1c(C)n(-c2ccccc2)c2cc(/C=C/c3ccc(N(c4ccc5ccccc5c4)c4ccc5ccccc5c4)cc3)ccc12. The molecule has 0 aliphatic rings. The van der Waals surface area contributed by atoms with E-state index in [9.17, 15) is 0 Å². The molecule has 0 atom stereocenters. The van der Waals surface area contributed by atoms with Crippen molar-refractivity contribution < 1.29 is 0 Å². The first-order valence-corrected chi connectivity index (χ1v) is 15.9. The van der Waals surface area contributed by atoms with Gasteiger partial charge in [0.25, 0.3) is 0 Å². The number of para-hydroxylation sites is 1. The van der Waals surface area contributed by atoms with Crippen LogP contribution in [0.4, 0.5) is 17.1 Å². The number of hydrogen-bond donors (Lipinski definition) is 0. The lowest BCUT2D eigenvalue weighted by atomic mass is 10.1. The summed E-state index contributed by atoms with van der Waals surface area (Å²) in [5.41, 5.74) is 10.8. The van der Waals surface area contributed by atoms with Crippen LogP contribution in [0.5, 0.6) is 0 Å². The van der Waals surface area contributed by atoms with Crippen LogP contribution in [0.2, 0.25) is 0 Å². The van der Waals surface area contributed by atoms with E-state index in [1.165, 1.54) is 55.0 Å². The molecule has 0 radical (unpaired) electrons. The maximum atomic E-state index is 2.37. The third-order valence-corrected chi connectivity index (χ3v) is 9.16. The molecule has 2 nitrogen and oxygen atoms in total. The molecular formula is C44H34N2. The molecule has 0 aliphatic heterocycles. The summed E-state index contributed by atoms with van der Waals surface area (Å²) in [6, 6.07) is 56.8. The van der Waals surface area contributed by atoms with Crippen LogP contribution in [0.3, 0.4) is 0 Å². The summed E-state index contributed by atoms with van der Waals surface area (Å²) in [6.45, 7) is 4.42. The van der Waals surface area contributed by atoms with E-state index in [-0.39, 0.29) is 0 Å². The van der Waals surface area contributed by atoms with Crippen LogP contribution < -0.4 is 4.90 Å². The molecule has 8 rings (SSSR count). The maximum Gasteiger partial charge on any atom is 0.0540 e. The lowest BCUT2D eigenvalue weighted by Crippen LogP contribution is -2.09. The molecule has 0 fully saturated rings. The minimum Gasteiger partial charge on any atom is -0.314 e. The summed E-state index contributed by atoms with van der Waals surface area (Å²) in [6.07, 6.45) is 4.42. The van der Waals surface area contributed by atoms with Crippen molar-refractivity contribution in [2.75, 3.05) is 4.90 Å². The van der Waals surface area contributed by atoms with Crippen LogP contribution in [-0.4, -0.2) is 4.57 Å². The Bertz CT molecular complexity index is 2300. The molecule has 0 amide bonds. The topological polar surface area (TPSA) is 8.17 Å². The Morgan fingerprint density at radius 1 is 0.457 bits per heavy atom.